The van der Waals surface area contributed by atoms with E-state index in [2.05, 4.69) is 22.5 Å². The van der Waals surface area contributed by atoms with Crippen molar-refractivity contribution in [1.29, 1.82) is 0 Å². The highest BCUT2D eigenvalue weighted by Gasteiger charge is 2.53. The van der Waals surface area contributed by atoms with Crippen LogP contribution in [0.2, 0.25) is 0 Å². The lowest BCUT2D eigenvalue weighted by Crippen LogP contribution is -2.66. The molecule has 3 aromatic rings. The number of ether oxygens (including phenoxy) is 2. The van der Waals surface area contributed by atoms with Gasteiger partial charge in [-0.05, 0) is 49.1 Å². The van der Waals surface area contributed by atoms with Crippen LogP contribution in [0.4, 0.5) is 24.5 Å². The van der Waals surface area contributed by atoms with Gasteiger partial charge < -0.3 is 24.7 Å². The maximum Gasteiger partial charge on any atom is 0.406 e. The standard InChI is InChI=1S/C30H33F3N4O6S2/c1-42-28-15-23(45(40,41)36-16-29(17-36)19-43-20-29)7-8-26(28)34-11-3-4-22-14-24-25(35-21-9-12-44(38,39)13-10-21)5-2-6-27(24)37(22)18-30(31,32)33/h2,5-8,14-15,21,34-35H,9-13,16-20H2,1H3. The fraction of sp³-hybridized carbons (Fsp3) is 0.467. The van der Waals surface area contributed by atoms with E-state index in [1.54, 1.807) is 30.3 Å². The first-order valence-electron chi connectivity index (χ1n) is 14.4. The molecule has 3 saturated heterocycles. The molecule has 1 spiro atoms. The lowest BCUT2D eigenvalue weighted by Gasteiger charge is -2.53. The van der Waals surface area contributed by atoms with Crippen LogP contribution in [0.1, 0.15) is 18.5 Å². The molecule has 3 aliphatic rings. The Bertz CT molecular complexity index is 1870. The molecule has 45 heavy (non-hydrogen) atoms. The van der Waals surface area contributed by atoms with Gasteiger partial charge in [-0.1, -0.05) is 12.0 Å². The maximum atomic E-state index is 13.6. The van der Waals surface area contributed by atoms with E-state index in [-0.39, 0.29) is 45.8 Å². The van der Waals surface area contributed by atoms with E-state index in [4.69, 9.17) is 9.47 Å². The zero-order valence-corrected chi connectivity index (χ0v) is 26.1. The largest absolute Gasteiger partial charge is 0.495 e. The van der Waals surface area contributed by atoms with E-state index in [0.29, 0.717) is 61.4 Å². The van der Waals surface area contributed by atoms with Crippen LogP contribution in [0, 0.1) is 17.3 Å². The van der Waals surface area contributed by atoms with Gasteiger partial charge in [-0.2, -0.15) is 17.5 Å². The molecule has 4 heterocycles. The lowest BCUT2D eigenvalue weighted by atomic mass is 9.80. The van der Waals surface area contributed by atoms with Gasteiger partial charge in [0.1, 0.15) is 22.1 Å². The number of fused-ring (bicyclic) bond motifs is 1. The number of rotatable bonds is 8. The number of benzene rings is 2. The van der Waals surface area contributed by atoms with Crippen molar-refractivity contribution in [2.75, 3.05) is 62.1 Å². The maximum absolute atomic E-state index is 13.6. The third kappa shape index (κ3) is 6.60. The van der Waals surface area contributed by atoms with E-state index < -0.39 is 32.6 Å². The summed E-state index contributed by atoms with van der Waals surface area (Å²) in [6.07, 6.45) is -3.64. The van der Waals surface area contributed by atoms with Crippen LogP contribution in [0.5, 0.6) is 5.75 Å². The molecule has 0 saturated carbocycles. The molecule has 0 amide bonds. The number of sulfonamides is 1. The Labute approximate surface area is 259 Å². The highest BCUT2D eigenvalue weighted by Crippen LogP contribution is 2.41. The van der Waals surface area contributed by atoms with Gasteiger partial charge in [-0.15, -0.1) is 0 Å². The number of methoxy groups -OCH3 is 1. The minimum absolute atomic E-state index is 0.0479. The van der Waals surface area contributed by atoms with Gasteiger partial charge in [0.25, 0.3) is 0 Å². The van der Waals surface area contributed by atoms with Crippen LogP contribution in [0.3, 0.4) is 0 Å². The second-order valence-electron chi connectivity index (χ2n) is 11.8. The molecule has 0 bridgehead atoms. The Balaban J connectivity index is 1.19. The minimum atomic E-state index is -4.49. The summed E-state index contributed by atoms with van der Waals surface area (Å²) < 4.78 is 104. The van der Waals surface area contributed by atoms with Crippen molar-refractivity contribution in [3.63, 3.8) is 0 Å². The summed E-state index contributed by atoms with van der Waals surface area (Å²) >= 11 is 0. The molecular formula is C30H33F3N4O6S2. The van der Waals surface area contributed by atoms with Crippen LogP contribution in [-0.4, -0.2) is 89.4 Å². The van der Waals surface area contributed by atoms with Crippen molar-refractivity contribution in [2.24, 2.45) is 5.41 Å². The molecular weight excluding hydrogens is 633 g/mol. The molecule has 0 unspecified atom stereocenters. The van der Waals surface area contributed by atoms with Gasteiger partial charge >= 0.3 is 6.18 Å². The number of halogens is 3. The zero-order chi connectivity index (χ0) is 32.0. The van der Waals surface area contributed by atoms with Crippen molar-refractivity contribution >= 4 is 42.1 Å². The van der Waals surface area contributed by atoms with E-state index in [1.165, 1.54) is 23.5 Å². The van der Waals surface area contributed by atoms with E-state index in [0.717, 1.165) is 4.57 Å². The van der Waals surface area contributed by atoms with Gasteiger partial charge in [0.05, 0.1) is 60.2 Å². The minimum Gasteiger partial charge on any atom is -0.495 e. The molecule has 0 atom stereocenters. The summed E-state index contributed by atoms with van der Waals surface area (Å²) in [6, 6.07) is 11.0. The second kappa shape index (κ2) is 11.7. The number of nitrogens with zero attached hydrogens (tertiary/aromatic N) is 2. The van der Waals surface area contributed by atoms with E-state index in [9.17, 15) is 30.0 Å². The molecule has 1 aromatic heterocycles. The fourth-order valence-electron chi connectivity index (χ4n) is 5.96. The summed E-state index contributed by atoms with van der Waals surface area (Å²) in [5.74, 6) is 6.14. The van der Waals surface area contributed by atoms with Crippen molar-refractivity contribution < 1.29 is 39.5 Å². The number of alkyl halides is 3. The Hall–Kier alpha value is -3.45. The molecule has 15 heteroatoms. The van der Waals surface area contributed by atoms with Crippen LogP contribution in [0.15, 0.2) is 47.4 Å². The highest BCUT2D eigenvalue weighted by atomic mass is 32.2. The molecule has 2 aromatic carbocycles. The predicted molar refractivity (Wildman–Crippen MR) is 164 cm³/mol. The fourth-order valence-corrected chi connectivity index (χ4v) is 9.14. The van der Waals surface area contributed by atoms with Crippen LogP contribution in [-0.2, 0) is 31.1 Å². The third-order valence-electron chi connectivity index (χ3n) is 8.43. The zero-order valence-electron chi connectivity index (χ0n) is 24.5. The SMILES string of the molecule is COc1cc(S(=O)(=O)N2CC3(COC3)C2)ccc1NCC#Cc1cc2c(NC3CCS(=O)(=O)CC3)cccc2n1CC(F)(F)F. The van der Waals surface area contributed by atoms with Gasteiger partial charge in [-0.25, -0.2) is 16.8 Å². The normalized spacial score (nSPS) is 19.7. The van der Waals surface area contributed by atoms with Crippen molar-refractivity contribution in [3.8, 4) is 17.6 Å². The predicted octanol–water partition coefficient (Wildman–Crippen LogP) is 3.69. The molecule has 2 N–H and O–H groups in total. The van der Waals surface area contributed by atoms with E-state index in [1.807, 2.05) is 0 Å². The molecule has 10 nitrogen and oxygen atoms in total. The smallest absolute Gasteiger partial charge is 0.406 e. The monoisotopic (exact) mass is 666 g/mol. The van der Waals surface area contributed by atoms with Crippen molar-refractivity contribution in [2.45, 2.75) is 36.5 Å². The molecule has 3 fully saturated rings. The summed E-state index contributed by atoms with van der Waals surface area (Å²) in [4.78, 5) is 0.0991. The van der Waals surface area contributed by atoms with Crippen LogP contribution in [0.25, 0.3) is 10.9 Å². The number of hydrogen-bond donors (Lipinski definition) is 2. The Kier molecular flexibility index (Phi) is 8.22. The van der Waals surface area contributed by atoms with Gasteiger partial charge in [0.2, 0.25) is 10.0 Å². The van der Waals surface area contributed by atoms with Crippen molar-refractivity contribution in [3.05, 3.63) is 48.2 Å². The first kappa shape index (κ1) is 31.5. The average Bonchev–Trinajstić information content (AvgIpc) is 3.27. The molecule has 0 aliphatic carbocycles. The van der Waals surface area contributed by atoms with Crippen molar-refractivity contribution in [1.82, 2.24) is 8.87 Å². The molecule has 6 rings (SSSR count). The Morgan fingerprint density at radius 3 is 2.47 bits per heavy atom. The quantitative estimate of drug-likeness (QED) is 0.350. The van der Waals surface area contributed by atoms with Gasteiger partial charge in [0.15, 0.2) is 0 Å². The number of nitrogens with one attached hydrogen (secondary N) is 2. The van der Waals surface area contributed by atoms with Crippen LogP contribution < -0.4 is 15.4 Å². The number of hydrogen-bond acceptors (Lipinski definition) is 8. The highest BCUT2D eigenvalue weighted by molar-refractivity contribution is 7.91. The first-order valence-corrected chi connectivity index (χ1v) is 17.7. The number of aromatic nitrogens is 1. The molecule has 242 valence electrons. The third-order valence-corrected chi connectivity index (χ3v) is 11.9. The first-order chi connectivity index (χ1) is 21.3. The summed E-state index contributed by atoms with van der Waals surface area (Å²) in [5.41, 5.74) is 1.56. The lowest BCUT2D eigenvalue weighted by molar-refractivity contribution is -0.166. The van der Waals surface area contributed by atoms with Crippen LogP contribution >= 0.6 is 0 Å². The Morgan fingerprint density at radius 2 is 1.82 bits per heavy atom. The van der Waals surface area contributed by atoms with Gasteiger partial charge in [-0.3, -0.25) is 0 Å². The topological polar surface area (TPSA) is 119 Å². The number of anilines is 2. The Morgan fingerprint density at radius 1 is 1.09 bits per heavy atom. The van der Waals surface area contributed by atoms with E-state index >= 15 is 0 Å². The van der Waals surface area contributed by atoms with Gasteiger partial charge in [0, 0.05) is 41.7 Å². The second-order valence-corrected chi connectivity index (χ2v) is 16.1. The number of sulfone groups is 1. The summed E-state index contributed by atoms with van der Waals surface area (Å²) in [5, 5.41) is 6.94. The summed E-state index contributed by atoms with van der Waals surface area (Å²) in [7, 11) is -5.34. The summed E-state index contributed by atoms with van der Waals surface area (Å²) in [6.45, 7) is 0.785. The average molecular weight is 667 g/mol. The molecule has 0 radical (unpaired) electrons. The molecule has 3 aliphatic heterocycles.